The van der Waals surface area contributed by atoms with Gasteiger partial charge in [0.25, 0.3) is 0 Å². The van der Waals surface area contributed by atoms with E-state index in [1.54, 1.807) is 0 Å². The first-order valence-electron chi connectivity index (χ1n) is 6.87. The Bertz CT molecular complexity index is 487. The van der Waals surface area contributed by atoms with Crippen molar-refractivity contribution in [3.05, 3.63) is 29.8 Å². The molecule has 2 rings (SSSR count). The first-order chi connectivity index (χ1) is 9.66. The highest BCUT2D eigenvalue weighted by Crippen LogP contribution is 2.26. The molecule has 1 amide bonds. The zero-order valence-electron chi connectivity index (χ0n) is 11.3. The number of carbonyl (C=O) groups excluding carboxylic acids is 1. The van der Waals surface area contributed by atoms with Crippen molar-refractivity contribution in [2.24, 2.45) is 5.92 Å². The van der Waals surface area contributed by atoms with Crippen LogP contribution in [-0.2, 0) is 16.0 Å². The fraction of sp³-hybridized carbons (Fsp3) is 0.467. The summed E-state index contributed by atoms with van der Waals surface area (Å²) in [7, 11) is 0. The summed E-state index contributed by atoms with van der Waals surface area (Å²) >= 11 is 0. The van der Waals surface area contributed by atoms with E-state index in [2.05, 4.69) is 5.32 Å². The summed E-state index contributed by atoms with van der Waals surface area (Å²) in [6.07, 6.45) is 2.11. The molecule has 0 saturated carbocycles. The van der Waals surface area contributed by atoms with Crippen molar-refractivity contribution >= 4 is 11.9 Å². The number of fused-ring (bicyclic) bond motifs is 1. The van der Waals surface area contributed by atoms with E-state index in [0.717, 1.165) is 11.3 Å². The average molecular weight is 277 g/mol. The van der Waals surface area contributed by atoms with Gasteiger partial charge in [0.1, 0.15) is 12.4 Å². The van der Waals surface area contributed by atoms with Crippen LogP contribution in [0.4, 0.5) is 0 Å². The Labute approximate surface area is 117 Å². The van der Waals surface area contributed by atoms with Gasteiger partial charge in [0, 0.05) is 13.0 Å². The average Bonchev–Trinajstić information content (AvgIpc) is 2.46. The summed E-state index contributed by atoms with van der Waals surface area (Å²) in [5.74, 6) is -0.120. The molecular formula is C15H19NO4. The molecule has 5 nitrogen and oxygen atoms in total. The molecule has 0 aliphatic carbocycles. The molecule has 1 aromatic carbocycles. The highest BCUT2D eigenvalue weighted by Gasteiger charge is 2.25. The van der Waals surface area contributed by atoms with Crippen LogP contribution in [-0.4, -0.2) is 30.1 Å². The minimum absolute atomic E-state index is 0.0187. The number of para-hydroxylation sites is 1. The van der Waals surface area contributed by atoms with Crippen LogP contribution in [0.2, 0.25) is 0 Å². The molecule has 20 heavy (non-hydrogen) atoms. The van der Waals surface area contributed by atoms with E-state index < -0.39 is 5.97 Å². The van der Waals surface area contributed by atoms with Crippen LogP contribution in [0.25, 0.3) is 0 Å². The van der Waals surface area contributed by atoms with Gasteiger partial charge < -0.3 is 15.2 Å². The number of nitrogens with one attached hydrogen (secondary N) is 1. The summed E-state index contributed by atoms with van der Waals surface area (Å²) in [6, 6.07) is 7.74. The number of carboxylic acids is 1. The van der Waals surface area contributed by atoms with Crippen LogP contribution < -0.4 is 10.1 Å². The predicted molar refractivity (Wildman–Crippen MR) is 73.6 cm³/mol. The summed E-state index contributed by atoms with van der Waals surface area (Å²) in [5, 5.41) is 11.4. The highest BCUT2D eigenvalue weighted by atomic mass is 16.5. The number of hydrogen-bond acceptors (Lipinski definition) is 3. The van der Waals surface area contributed by atoms with Gasteiger partial charge in [-0.25, -0.2) is 0 Å². The topological polar surface area (TPSA) is 75.6 Å². The van der Waals surface area contributed by atoms with Gasteiger partial charge in [-0.05, 0) is 30.9 Å². The monoisotopic (exact) mass is 277 g/mol. The van der Waals surface area contributed by atoms with Gasteiger partial charge in [-0.1, -0.05) is 18.2 Å². The fourth-order valence-corrected chi connectivity index (χ4v) is 2.25. The maximum atomic E-state index is 12.0. The lowest BCUT2D eigenvalue weighted by atomic mass is 9.96. The number of aliphatic carboxylic acids is 1. The maximum absolute atomic E-state index is 12.0. The van der Waals surface area contributed by atoms with E-state index >= 15 is 0 Å². The second-order valence-corrected chi connectivity index (χ2v) is 4.96. The summed E-state index contributed by atoms with van der Waals surface area (Å²) in [6.45, 7) is 0.919. The summed E-state index contributed by atoms with van der Waals surface area (Å²) in [5.41, 5.74) is 1.06. The molecule has 1 aliphatic rings. The van der Waals surface area contributed by atoms with E-state index in [0.29, 0.717) is 32.4 Å². The molecule has 5 heteroatoms. The molecule has 1 heterocycles. The van der Waals surface area contributed by atoms with Crippen molar-refractivity contribution in [1.29, 1.82) is 0 Å². The molecule has 1 aliphatic heterocycles. The van der Waals surface area contributed by atoms with Gasteiger partial charge in [0.15, 0.2) is 0 Å². The Balaban J connectivity index is 1.73. The van der Waals surface area contributed by atoms with Gasteiger partial charge in [0.2, 0.25) is 5.91 Å². The molecule has 0 saturated heterocycles. The SMILES string of the molecule is O=C(O)CCCCNC(=O)C1COc2ccccc2C1. The Morgan fingerprint density at radius 3 is 2.90 bits per heavy atom. The molecule has 0 aromatic heterocycles. The number of benzene rings is 1. The van der Waals surface area contributed by atoms with Crippen molar-refractivity contribution in [1.82, 2.24) is 5.32 Å². The third-order valence-electron chi connectivity index (χ3n) is 3.37. The molecule has 1 aromatic rings. The third kappa shape index (κ3) is 3.98. The molecule has 0 radical (unpaired) electrons. The van der Waals surface area contributed by atoms with Crippen LogP contribution >= 0.6 is 0 Å². The largest absolute Gasteiger partial charge is 0.492 e. The summed E-state index contributed by atoms with van der Waals surface area (Å²) < 4.78 is 5.58. The van der Waals surface area contributed by atoms with Crippen LogP contribution in [0.1, 0.15) is 24.8 Å². The van der Waals surface area contributed by atoms with Crippen molar-refractivity contribution in [2.45, 2.75) is 25.7 Å². The lowest BCUT2D eigenvalue weighted by Crippen LogP contribution is -2.37. The highest BCUT2D eigenvalue weighted by molar-refractivity contribution is 5.79. The predicted octanol–water partition coefficient (Wildman–Crippen LogP) is 1.61. The van der Waals surface area contributed by atoms with E-state index in [-0.39, 0.29) is 18.2 Å². The van der Waals surface area contributed by atoms with Crippen LogP contribution in [0, 0.1) is 5.92 Å². The van der Waals surface area contributed by atoms with E-state index in [1.807, 2.05) is 24.3 Å². The molecule has 0 bridgehead atoms. The van der Waals surface area contributed by atoms with Crippen molar-refractivity contribution in [2.75, 3.05) is 13.2 Å². The Kier molecular flexibility index (Phi) is 4.98. The number of carbonyl (C=O) groups is 2. The quantitative estimate of drug-likeness (QED) is 0.775. The number of unbranched alkanes of at least 4 members (excludes halogenated alkanes) is 1. The van der Waals surface area contributed by atoms with Crippen LogP contribution in [0.5, 0.6) is 5.75 Å². The molecule has 2 N–H and O–H groups in total. The maximum Gasteiger partial charge on any atom is 0.303 e. The van der Waals surface area contributed by atoms with E-state index in [1.165, 1.54) is 0 Å². The van der Waals surface area contributed by atoms with Gasteiger partial charge >= 0.3 is 5.97 Å². The molecule has 1 unspecified atom stereocenters. The summed E-state index contributed by atoms with van der Waals surface area (Å²) in [4.78, 5) is 22.4. The Morgan fingerprint density at radius 1 is 1.30 bits per heavy atom. The zero-order valence-corrected chi connectivity index (χ0v) is 11.3. The number of carboxylic acid groups (broad SMARTS) is 1. The lowest BCUT2D eigenvalue weighted by Gasteiger charge is -2.24. The van der Waals surface area contributed by atoms with Crippen molar-refractivity contribution in [3.8, 4) is 5.75 Å². The normalized spacial score (nSPS) is 16.9. The van der Waals surface area contributed by atoms with Gasteiger partial charge in [-0.2, -0.15) is 0 Å². The molecule has 0 fully saturated rings. The molecular weight excluding hydrogens is 258 g/mol. The lowest BCUT2D eigenvalue weighted by molar-refractivity contribution is -0.137. The van der Waals surface area contributed by atoms with Gasteiger partial charge in [0.05, 0.1) is 5.92 Å². The van der Waals surface area contributed by atoms with Crippen molar-refractivity contribution in [3.63, 3.8) is 0 Å². The second-order valence-electron chi connectivity index (χ2n) is 4.96. The Hall–Kier alpha value is -2.04. The first kappa shape index (κ1) is 14.4. The standard InChI is InChI=1S/C15H19NO4/c17-14(18)7-3-4-8-16-15(19)12-9-11-5-1-2-6-13(11)20-10-12/h1-2,5-6,12H,3-4,7-10H2,(H,16,19)(H,17,18). The fourth-order valence-electron chi connectivity index (χ4n) is 2.25. The van der Waals surface area contributed by atoms with E-state index in [4.69, 9.17) is 9.84 Å². The van der Waals surface area contributed by atoms with E-state index in [9.17, 15) is 9.59 Å². The molecule has 0 spiro atoms. The van der Waals surface area contributed by atoms with Crippen LogP contribution in [0.15, 0.2) is 24.3 Å². The third-order valence-corrected chi connectivity index (χ3v) is 3.37. The molecule has 1 atom stereocenters. The number of hydrogen-bond donors (Lipinski definition) is 2. The minimum atomic E-state index is -0.798. The number of amides is 1. The molecule has 108 valence electrons. The Morgan fingerprint density at radius 2 is 2.10 bits per heavy atom. The number of ether oxygens (including phenoxy) is 1. The van der Waals surface area contributed by atoms with Gasteiger partial charge in [-0.15, -0.1) is 0 Å². The zero-order chi connectivity index (χ0) is 14.4. The van der Waals surface area contributed by atoms with Crippen molar-refractivity contribution < 1.29 is 19.4 Å². The smallest absolute Gasteiger partial charge is 0.303 e. The van der Waals surface area contributed by atoms with Crippen LogP contribution in [0.3, 0.4) is 0 Å². The second kappa shape index (κ2) is 6.93. The van der Waals surface area contributed by atoms with Gasteiger partial charge in [-0.3, -0.25) is 9.59 Å². The number of rotatable bonds is 6. The first-order valence-corrected chi connectivity index (χ1v) is 6.87. The minimum Gasteiger partial charge on any atom is -0.492 e.